The van der Waals surface area contributed by atoms with Crippen LogP contribution in [-0.4, -0.2) is 50.6 Å². The number of likely N-dealkylation sites (N-methyl/N-ethyl adjacent to an activating group) is 1. The Hall–Kier alpha value is -2.04. The number of piperazine rings is 1. The van der Waals surface area contributed by atoms with Crippen LogP contribution in [0.25, 0.3) is 0 Å². The van der Waals surface area contributed by atoms with Crippen LogP contribution < -0.4 is 9.80 Å². The molecule has 1 saturated heterocycles. The molecule has 0 unspecified atom stereocenters. The molecule has 0 radical (unpaired) electrons. The van der Waals surface area contributed by atoms with Crippen LogP contribution in [0.1, 0.15) is 30.0 Å². The molecule has 1 N–H and O–H groups in total. The molecule has 1 aliphatic heterocycles. The Bertz CT molecular complexity index is 832. The number of aryl methyl sites for hydroxylation is 1. The monoisotopic (exact) mass is 398 g/mol. The highest BCUT2D eigenvalue weighted by atomic mass is 35.5. The fourth-order valence-corrected chi connectivity index (χ4v) is 4.76. The van der Waals surface area contributed by atoms with Crippen LogP contribution in [0.4, 0.5) is 5.69 Å². The van der Waals surface area contributed by atoms with E-state index in [4.69, 9.17) is 11.6 Å². The molecule has 2 aromatic carbocycles. The number of amides is 1. The average molecular weight is 399 g/mol. The molecule has 0 saturated carbocycles. The van der Waals surface area contributed by atoms with Crippen LogP contribution in [0.3, 0.4) is 0 Å². The first kappa shape index (κ1) is 19.3. The van der Waals surface area contributed by atoms with E-state index in [1.54, 1.807) is 0 Å². The van der Waals surface area contributed by atoms with Crippen LogP contribution in [0, 0.1) is 0 Å². The number of nitrogens with zero attached hydrogens (tertiary/aromatic N) is 2. The Morgan fingerprint density at radius 2 is 1.96 bits per heavy atom. The van der Waals surface area contributed by atoms with Gasteiger partial charge in [-0.05, 0) is 48.6 Å². The molecule has 2 aromatic rings. The maximum absolute atomic E-state index is 13.0. The summed E-state index contributed by atoms with van der Waals surface area (Å²) in [5.41, 5.74) is 3.92. The normalized spacial score (nSPS) is 19.9. The number of anilines is 1. The number of halogens is 1. The van der Waals surface area contributed by atoms with E-state index in [2.05, 4.69) is 35.2 Å². The van der Waals surface area contributed by atoms with Gasteiger partial charge in [0.05, 0.1) is 32.2 Å². The highest BCUT2D eigenvalue weighted by Gasteiger charge is 2.29. The Morgan fingerprint density at radius 3 is 2.75 bits per heavy atom. The zero-order valence-electron chi connectivity index (χ0n) is 16.5. The Kier molecular flexibility index (Phi) is 5.88. The van der Waals surface area contributed by atoms with E-state index in [1.165, 1.54) is 21.7 Å². The van der Waals surface area contributed by atoms with Crippen molar-refractivity contribution < 1.29 is 9.69 Å². The molecule has 4 rings (SSSR count). The van der Waals surface area contributed by atoms with E-state index >= 15 is 0 Å². The van der Waals surface area contributed by atoms with Crippen LogP contribution in [0.2, 0.25) is 5.02 Å². The second kappa shape index (κ2) is 8.54. The van der Waals surface area contributed by atoms with E-state index in [-0.39, 0.29) is 11.9 Å². The number of benzene rings is 2. The van der Waals surface area contributed by atoms with Crippen molar-refractivity contribution in [3.63, 3.8) is 0 Å². The minimum absolute atomic E-state index is 0.226. The summed E-state index contributed by atoms with van der Waals surface area (Å²) in [6, 6.07) is 16.9. The Balaban J connectivity index is 1.34. The molecule has 28 heavy (non-hydrogen) atoms. The lowest BCUT2D eigenvalue weighted by atomic mass is 9.87. The average Bonchev–Trinajstić information content (AvgIpc) is 2.73. The molecule has 4 nitrogen and oxygen atoms in total. The van der Waals surface area contributed by atoms with Crippen molar-refractivity contribution in [3.05, 3.63) is 64.7 Å². The van der Waals surface area contributed by atoms with E-state index in [0.29, 0.717) is 6.54 Å². The maximum atomic E-state index is 13.0. The summed E-state index contributed by atoms with van der Waals surface area (Å²) in [4.78, 5) is 18.7. The summed E-state index contributed by atoms with van der Waals surface area (Å²) in [6.45, 7) is 4.46. The fraction of sp³-hybridized carbons (Fsp3) is 0.435. The van der Waals surface area contributed by atoms with Crippen molar-refractivity contribution in [2.24, 2.45) is 0 Å². The van der Waals surface area contributed by atoms with E-state index in [0.717, 1.165) is 50.5 Å². The lowest BCUT2D eigenvalue weighted by Gasteiger charge is -2.36. The Morgan fingerprint density at radius 1 is 1.18 bits per heavy atom. The molecule has 1 amide bonds. The van der Waals surface area contributed by atoms with Crippen LogP contribution in [0.5, 0.6) is 0 Å². The molecular weight excluding hydrogens is 370 g/mol. The van der Waals surface area contributed by atoms with Crippen molar-refractivity contribution in [1.82, 2.24) is 4.90 Å². The standard InChI is InChI=1S/C23H28ClN3O/c1-25(22-11-4-7-18-6-2-3-10-21(18)22)23(28)17-26-12-14-27(15-13-26)20-9-5-8-19(24)16-20/h2-3,5-6,8-10,16,22H,4,7,11-15,17H2,1H3/p+1/t22-/m0/s1. The first-order valence-corrected chi connectivity index (χ1v) is 10.7. The zero-order valence-corrected chi connectivity index (χ0v) is 17.3. The predicted molar refractivity (Wildman–Crippen MR) is 114 cm³/mol. The number of hydrogen-bond acceptors (Lipinski definition) is 2. The molecule has 2 aliphatic rings. The molecule has 1 aliphatic carbocycles. The molecule has 1 heterocycles. The van der Waals surface area contributed by atoms with E-state index in [9.17, 15) is 4.79 Å². The van der Waals surface area contributed by atoms with Gasteiger partial charge in [-0.2, -0.15) is 0 Å². The molecule has 1 atom stereocenters. The third kappa shape index (κ3) is 4.18. The van der Waals surface area contributed by atoms with Gasteiger partial charge in [-0.1, -0.05) is 41.9 Å². The topological polar surface area (TPSA) is 28.0 Å². The number of fused-ring (bicyclic) bond motifs is 1. The first-order valence-electron chi connectivity index (χ1n) is 10.3. The number of quaternary nitrogens is 1. The fourth-order valence-electron chi connectivity index (χ4n) is 4.57. The van der Waals surface area contributed by atoms with E-state index in [1.807, 2.05) is 30.1 Å². The molecule has 0 bridgehead atoms. The minimum atomic E-state index is 0.226. The molecular formula is C23H29ClN3O+. The third-order valence-electron chi connectivity index (χ3n) is 6.24. The lowest BCUT2D eigenvalue weighted by Crippen LogP contribution is -3.15. The van der Waals surface area contributed by atoms with Crippen molar-refractivity contribution in [2.45, 2.75) is 25.3 Å². The minimum Gasteiger partial charge on any atom is -0.360 e. The number of carbonyl (C=O) groups excluding carboxylic acids is 1. The molecule has 1 fully saturated rings. The van der Waals surface area contributed by atoms with Gasteiger partial charge in [0.1, 0.15) is 0 Å². The van der Waals surface area contributed by atoms with Crippen molar-refractivity contribution >= 4 is 23.2 Å². The largest absolute Gasteiger partial charge is 0.360 e. The SMILES string of the molecule is CN(C(=O)C[NH+]1CCN(c2cccc(Cl)c2)CC1)[C@H]1CCCc2ccccc21. The van der Waals surface area contributed by atoms with Crippen LogP contribution in [0.15, 0.2) is 48.5 Å². The van der Waals surface area contributed by atoms with Crippen molar-refractivity contribution in [2.75, 3.05) is 44.7 Å². The number of rotatable bonds is 4. The van der Waals surface area contributed by atoms with Gasteiger partial charge in [0, 0.05) is 17.8 Å². The summed E-state index contributed by atoms with van der Waals surface area (Å²) in [5.74, 6) is 0.257. The highest BCUT2D eigenvalue weighted by molar-refractivity contribution is 6.30. The summed E-state index contributed by atoms with van der Waals surface area (Å²) in [6.07, 6.45) is 3.35. The van der Waals surface area contributed by atoms with Gasteiger partial charge in [-0.15, -0.1) is 0 Å². The van der Waals surface area contributed by atoms with Crippen molar-refractivity contribution in [3.8, 4) is 0 Å². The van der Waals surface area contributed by atoms with Gasteiger partial charge in [-0.25, -0.2) is 0 Å². The van der Waals surface area contributed by atoms with Gasteiger partial charge >= 0.3 is 0 Å². The number of carbonyl (C=O) groups is 1. The second-order valence-electron chi connectivity index (χ2n) is 8.01. The van der Waals surface area contributed by atoms with Gasteiger partial charge in [0.2, 0.25) is 0 Å². The lowest BCUT2D eigenvalue weighted by molar-refractivity contribution is -0.892. The molecule has 148 valence electrons. The first-order chi connectivity index (χ1) is 13.6. The van der Waals surface area contributed by atoms with Gasteiger partial charge in [0.15, 0.2) is 6.54 Å². The van der Waals surface area contributed by atoms with E-state index < -0.39 is 0 Å². The number of nitrogens with one attached hydrogen (secondary N) is 1. The summed E-state index contributed by atoms with van der Waals surface area (Å²) < 4.78 is 0. The summed E-state index contributed by atoms with van der Waals surface area (Å²) in [7, 11) is 1.98. The molecule has 5 heteroatoms. The smallest absolute Gasteiger partial charge is 0.278 e. The van der Waals surface area contributed by atoms with Crippen LogP contribution >= 0.6 is 11.6 Å². The third-order valence-corrected chi connectivity index (χ3v) is 6.48. The maximum Gasteiger partial charge on any atom is 0.278 e. The highest BCUT2D eigenvalue weighted by Crippen LogP contribution is 2.33. The summed E-state index contributed by atoms with van der Waals surface area (Å²) >= 11 is 6.12. The molecule has 0 spiro atoms. The predicted octanol–water partition coefficient (Wildman–Crippen LogP) is 2.58. The van der Waals surface area contributed by atoms with Gasteiger partial charge in [-0.3, -0.25) is 4.79 Å². The number of hydrogen-bond donors (Lipinski definition) is 1. The summed E-state index contributed by atoms with van der Waals surface area (Å²) in [5, 5.41) is 0.775. The second-order valence-corrected chi connectivity index (χ2v) is 8.44. The van der Waals surface area contributed by atoms with Crippen molar-refractivity contribution in [1.29, 1.82) is 0 Å². The van der Waals surface area contributed by atoms with Gasteiger partial charge < -0.3 is 14.7 Å². The molecule has 0 aromatic heterocycles. The quantitative estimate of drug-likeness (QED) is 0.857. The van der Waals surface area contributed by atoms with Crippen LogP contribution in [-0.2, 0) is 11.2 Å². The van der Waals surface area contributed by atoms with Gasteiger partial charge in [0.25, 0.3) is 5.91 Å². The zero-order chi connectivity index (χ0) is 19.5. The Labute approximate surface area is 172 Å².